The summed E-state index contributed by atoms with van der Waals surface area (Å²) in [5.74, 6) is 0.487. The lowest BCUT2D eigenvalue weighted by Gasteiger charge is -2.22. The second-order valence-electron chi connectivity index (χ2n) is 4.65. The summed E-state index contributed by atoms with van der Waals surface area (Å²) < 4.78 is 0. The molecule has 0 saturated carbocycles. The molecule has 0 aromatic heterocycles. The SMILES string of the molecule is CC(C)CC(CO)NC(=O)N1CCCC1. The third-order valence-electron chi connectivity index (χ3n) is 2.70. The van der Waals surface area contributed by atoms with Crippen LogP contribution in [-0.4, -0.2) is 41.8 Å². The first-order valence-electron chi connectivity index (χ1n) is 5.79. The number of hydrogen-bond donors (Lipinski definition) is 2. The van der Waals surface area contributed by atoms with Crippen molar-refractivity contribution in [1.82, 2.24) is 10.2 Å². The van der Waals surface area contributed by atoms with E-state index in [2.05, 4.69) is 19.2 Å². The molecule has 1 unspecified atom stereocenters. The van der Waals surface area contributed by atoms with E-state index in [0.29, 0.717) is 5.92 Å². The zero-order valence-corrected chi connectivity index (χ0v) is 9.70. The van der Waals surface area contributed by atoms with Crippen LogP contribution >= 0.6 is 0 Å². The van der Waals surface area contributed by atoms with Crippen LogP contribution in [0.25, 0.3) is 0 Å². The summed E-state index contributed by atoms with van der Waals surface area (Å²) in [5, 5.41) is 12.0. The smallest absolute Gasteiger partial charge is 0.317 e. The summed E-state index contributed by atoms with van der Waals surface area (Å²) in [5.41, 5.74) is 0. The molecule has 0 radical (unpaired) electrons. The van der Waals surface area contributed by atoms with Gasteiger partial charge in [-0.1, -0.05) is 13.8 Å². The normalized spacial score (nSPS) is 18.3. The number of likely N-dealkylation sites (tertiary alicyclic amines) is 1. The zero-order chi connectivity index (χ0) is 11.3. The Bertz CT molecular complexity index is 201. The third kappa shape index (κ3) is 4.08. The maximum atomic E-state index is 11.7. The highest BCUT2D eigenvalue weighted by Gasteiger charge is 2.20. The first-order chi connectivity index (χ1) is 7.13. The third-order valence-corrected chi connectivity index (χ3v) is 2.70. The molecule has 0 aromatic carbocycles. The quantitative estimate of drug-likeness (QED) is 0.739. The van der Waals surface area contributed by atoms with Crippen LogP contribution < -0.4 is 5.32 Å². The molecule has 0 aliphatic carbocycles. The van der Waals surface area contributed by atoms with Gasteiger partial charge in [-0.2, -0.15) is 0 Å². The number of urea groups is 1. The maximum Gasteiger partial charge on any atom is 0.317 e. The van der Waals surface area contributed by atoms with E-state index in [9.17, 15) is 4.79 Å². The van der Waals surface area contributed by atoms with Gasteiger partial charge in [0, 0.05) is 13.1 Å². The zero-order valence-electron chi connectivity index (χ0n) is 9.70. The highest BCUT2D eigenvalue weighted by atomic mass is 16.3. The largest absolute Gasteiger partial charge is 0.394 e. The summed E-state index contributed by atoms with van der Waals surface area (Å²) in [4.78, 5) is 13.5. The molecular weight excluding hydrogens is 192 g/mol. The van der Waals surface area contributed by atoms with E-state index in [1.165, 1.54) is 0 Å². The summed E-state index contributed by atoms with van der Waals surface area (Å²) in [6, 6.07) is -0.120. The van der Waals surface area contributed by atoms with Crippen molar-refractivity contribution in [2.75, 3.05) is 19.7 Å². The molecule has 1 fully saturated rings. The van der Waals surface area contributed by atoms with Crippen molar-refractivity contribution in [2.45, 2.75) is 39.2 Å². The van der Waals surface area contributed by atoms with E-state index in [-0.39, 0.29) is 18.7 Å². The lowest BCUT2D eigenvalue weighted by molar-refractivity contribution is 0.184. The molecule has 1 heterocycles. The van der Waals surface area contributed by atoms with Gasteiger partial charge >= 0.3 is 6.03 Å². The summed E-state index contributed by atoms with van der Waals surface area (Å²) >= 11 is 0. The maximum absolute atomic E-state index is 11.7. The van der Waals surface area contributed by atoms with Crippen LogP contribution in [0, 0.1) is 5.92 Å². The highest BCUT2D eigenvalue weighted by molar-refractivity contribution is 5.74. The first-order valence-corrected chi connectivity index (χ1v) is 5.79. The van der Waals surface area contributed by atoms with Gasteiger partial charge in [-0.3, -0.25) is 0 Å². The fourth-order valence-electron chi connectivity index (χ4n) is 1.93. The second-order valence-corrected chi connectivity index (χ2v) is 4.65. The van der Waals surface area contributed by atoms with Gasteiger partial charge < -0.3 is 15.3 Å². The number of amides is 2. The Morgan fingerprint density at radius 2 is 2.00 bits per heavy atom. The van der Waals surface area contributed by atoms with E-state index >= 15 is 0 Å². The van der Waals surface area contributed by atoms with Crippen LogP contribution in [-0.2, 0) is 0 Å². The summed E-state index contributed by atoms with van der Waals surface area (Å²) in [6.07, 6.45) is 3.03. The van der Waals surface area contributed by atoms with Gasteiger partial charge in [-0.05, 0) is 25.2 Å². The van der Waals surface area contributed by atoms with E-state index < -0.39 is 0 Å². The van der Waals surface area contributed by atoms with Crippen molar-refractivity contribution >= 4 is 6.03 Å². The first kappa shape index (κ1) is 12.3. The van der Waals surface area contributed by atoms with E-state index in [1.54, 1.807) is 0 Å². The number of nitrogens with one attached hydrogen (secondary N) is 1. The average Bonchev–Trinajstić information content (AvgIpc) is 2.68. The number of nitrogens with zero attached hydrogens (tertiary/aromatic N) is 1. The number of hydrogen-bond acceptors (Lipinski definition) is 2. The number of rotatable bonds is 4. The molecule has 1 aliphatic heterocycles. The van der Waals surface area contributed by atoms with Crippen LogP contribution in [0.3, 0.4) is 0 Å². The molecule has 15 heavy (non-hydrogen) atoms. The molecular formula is C11H22N2O2. The van der Waals surface area contributed by atoms with Gasteiger partial charge in [-0.15, -0.1) is 0 Å². The predicted molar refractivity (Wildman–Crippen MR) is 59.7 cm³/mol. The van der Waals surface area contributed by atoms with E-state index in [4.69, 9.17) is 5.11 Å². The van der Waals surface area contributed by atoms with E-state index in [1.807, 2.05) is 4.90 Å². The van der Waals surface area contributed by atoms with Gasteiger partial charge in [0.15, 0.2) is 0 Å². The van der Waals surface area contributed by atoms with Crippen molar-refractivity contribution in [1.29, 1.82) is 0 Å². The molecule has 2 N–H and O–H groups in total. The molecule has 0 bridgehead atoms. The minimum Gasteiger partial charge on any atom is -0.394 e. The molecule has 1 rings (SSSR count). The van der Waals surface area contributed by atoms with Crippen molar-refractivity contribution in [3.63, 3.8) is 0 Å². The Morgan fingerprint density at radius 3 is 2.47 bits per heavy atom. The molecule has 4 heteroatoms. The van der Waals surface area contributed by atoms with Crippen molar-refractivity contribution in [3.05, 3.63) is 0 Å². The van der Waals surface area contributed by atoms with Gasteiger partial charge in [0.05, 0.1) is 12.6 Å². The molecule has 0 aromatic rings. The van der Waals surface area contributed by atoms with E-state index in [0.717, 1.165) is 32.4 Å². The monoisotopic (exact) mass is 214 g/mol. The molecule has 1 saturated heterocycles. The lowest BCUT2D eigenvalue weighted by Crippen LogP contribution is -2.45. The van der Waals surface area contributed by atoms with Gasteiger partial charge in [0.25, 0.3) is 0 Å². The Labute approximate surface area is 91.6 Å². The number of carbonyl (C=O) groups is 1. The highest BCUT2D eigenvalue weighted by Crippen LogP contribution is 2.09. The van der Waals surface area contributed by atoms with Crippen LogP contribution in [0.1, 0.15) is 33.1 Å². The van der Waals surface area contributed by atoms with Crippen LogP contribution in [0.4, 0.5) is 4.79 Å². The standard InChI is InChI=1S/C11H22N2O2/c1-9(2)7-10(8-14)12-11(15)13-5-3-4-6-13/h9-10,14H,3-8H2,1-2H3,(H,12,15). The molecule has 1 aliphatic rings. The fraction of sp³-hybridized carbons (Fsp3) is 0.909. The lowest BCUT2D eigenvalue weighted by atomic mass is 10.0. The van der Waals surface area contributed by atoms with Gasteiger partial charge in [-0.25, -0.2) is 4.79 Å². The summed E-state index contributed by atoms with van der Waals surface area (Å²) in [7, 11) is 0. The minimum atomic E-state index is -0.0990. The molecule has 1 atom stereocenters. The van der Waals surface area contributed by atoms with Gasteiger partial charge in [0.2, 0.25) is 0 Å². The van der Waals surface area contributed by atoms with Crippen LogP contribution in [0.5, 0.6) is 0 Å². The summed E-state index contributed by atoms with van der Waals surface area (Å²) in [6.45, 7) is 5.91. The van der Waals surface area contributed by atoms with Crippen molar-refractivity contribution < 1.29 is 9.90 Å². The Kier molecular flexibility index (Phi) is 4.88. The van der Waals surface area contributed by atoms with Gasteiger partial charge in [0.1, 0.15) is 0 Å². The Balaban J connectivity index is 2.33. The molecule has 4 nitrogen and oxygen atoms in total. The fourth-order valence-corrected chi connectivity index (χ4v) is 1.93. The Hall–Kier alpha value is -0.770. The van der Waals surface area contributed by atoms with Crippen LogP contribution in [0.2, 0.25) is 0 Å². The molecule has 0 spiro atoms. The van der Waals surface area contributed by atoms with Crippen molar-refractivity contribution in [2.24, 2.45) is 5.92 Å². The molecule has 2 amide bonds. The predicted octanol–water partition coefficient (Wildman–Crippen LogP) is 1.20. The minimum absolute atomic E-state index is 0.0211. The van der Waals surface area contributed by atoms with Crippen molar-refractivity contribution in [3.8, 4) is 0 Å². The number of aliphatic hydroxyl groups is 1. The number of carbonyl (C=O) groups excluding carboxylic acids is 1. The molecule has 88 valence electrons. The van der Waals surface area contributed by atoms with Crippen LogP contribution in [0.15, 0.2) is 0 Å². The Morgan fingerprint density at radius 1 is 1.40 bits per heavy atom. The second kappa shape index (κ2) is 5.95. The topological polar surface area (TPSA) is 52.6 Å². The number of aliphatic hydroxyl groups excluding tert-OH is 1. The average molecular weight is 214 g/mol.